The molecule has 0 bridgehead atoms. The Balaban J connectivity index is 1.44. The Bertz CT molecular complexity index is 2050. The van der Waals surface area contributed by atoms with Gasteiger partial charge in [0, 0.05) is 61.2 Å². The van der Waals surface area contributed by atoms with E-state index in [1.165, 1.54) is 9.80 Å². The van der Waals surface area contributed by atoms with E-state index in [0.29, 0.717) is 72.3 Å². The number of halogens is 2. The molecule has 8 heteroatoms. The summed E-state index contributed by atoms with van der Waals surface area (Å²) < 4.78 is 0. The summed E-state index contributed by atoms with van der Waals surface area (Å²) in [5, 5.41) is 6.07. The number of benzene rings is 5. The molecule has 5 aromatic rings. The van der Waals surface area contributed by atoms with E-state index in [9.17, 15) is 19.2 Å². The van der Waals surface area contributed by atoms with Crippen molar-refractivity contribution in [1.29, 1.82) is 0 Å². The van der Waals surface area contributed by atoms with Crippen LogP contribution in [0.1, 0.15) is 120 Å². The number of hydrogen-bond donors (Lipinski definition) is 0. The fraction of sp³-hybridized carbons (Fsp3) is 0.400. The van der Waals surface area contributed by atoms with Gasteiger partial charge >= 0.3 is 0 Å². The number of unbranched alkanes of at least 4 members (excludes halogenated alkanes) is 2. The molecular weight excluding hydrogens is 643 g/mol. The lowest BCUT2D eigenvalue weighted by atomic mass is 9.82. The van der Waals surface area contributed by atoms with E-state index in [-0.39, 0.29) is 35.5 Å². The van der Waals surface area contributed by atoms with Gasteiger partial charge in [0.15, 0.2) is 0 Å². The average molecular weight is 684 g/mol. The van der Waals surface area contributed by atoms with Crippen LogP contribution >= 0.6 is 23.2 Å². The van der Waals surface area contributed by atoms with Crippen LogP contribution in [0.3, 0.4) is 0 Å². The third-order valence-electron chi connectivity index (χ3n) is 10.9. The van der Waals surface area contributed by atoms with E-state index in [2.05, 4.69) is 27.7 Å². The zero-order valence-corrected chi connectivity index (χ0v) is 29.5. The summed E-state index contributed by atoms with van der Waals surface area (Å²) in [4.78, 5) is 58.9. The summed E-state index contributed by atoms with van der Waals surface area (Å²) in [6, 6.07) is 10.7. The van der Waals surface area contributed by atoms with Crippen molar-refractivity contribution in [2.24, 2.45) is 11.8 Å². The Morgan fingerprint density at radius 3 is 1.31 bits per heavy atom. The molecule has 2 aliphatic rings. The van der Waals surface area contributed by atoms with Gasteiger partial charge in [-0.3, -0.25) is 29.0 Å². The number of nitrogens with zero attached hydrogens (tertiary/aromatic N) is 2. The molecule has 2 heterocycles. The van der Waals surface area contributed by atoms with Gasteiger partial charge in [-0.15, -0.1) is 0 Å². The van der Waals surface area contributed by atoms with Crippen molar-refractivity contribution in [2.75, 3.05) is 13.1 Å². The fourth-order valence-electron chi connectivity index (χ4n) is 8.15. The first kappa shape index (κ1) is 32.8. The molecule has 248 valence electrons. The lowest BCUT2D eigenvalue weighted by molar-refractivity contribution is 0.0565. The summed E-state index contributed by atoms with van der Waals surface area (Å²) >= 11 is 14.2. The predicted molar refractivity (Wildman–Crippen MR) is 195 cm³/mol. The van der Waals surface area contributed by atoms with Gasteiger partial charge in [0.1, 0.15) is 0 Å². The molecule has 2 atom stereocenters. The molecule has 0 fully saturated rings. The number of carbonyl (C=O) groups is 4. The molecule has 0 N–H and O–H groups in total. The zero-order valence-electron chi connectivity index (χ0n) is 28.0. The van der Waals surface area contributed by atoms with E-state index in [0.717, 1.165) is 67.5 Å². The molecule has 48 heavy (non-hydrogen) atoms. The highest BCUT2D eigenvalue weighted by Crippen LogP contribution is 2.50. The molecule has 0 aromatic heterocycles. The molecule has 0 radical (unpaired) electrons. The van der Waals surface area contributed by atoms with Crippen LogP contribution in [-0.4, -0.2) is 46.5 Å². The van der Waals surface area contributed by atoms with Crippen LogP contribution < -0.4 is 0 Å². The molecule has 4 amide bonds. The van der Waals surface area contributed by atoms with Crippen molar-refractivity contribution < 1.29 is 19.2 Å². The van der Waals surface area contributed by atoms with Crippen LogP contribution in [0.15, 0.2) is 36.4 Å². The van der Waals surface area contributed by atoms with Gasteiger partial charge in [-0.25, -0.2) is 0 Å². The number of hydrogen-bond acceptors (Lipinski definition) is 4. The maximum atomic E-state index is 14.1. The van der Waals surface area contributed by atoms with E-state index >= 15 is 0 Å². The maximum absolute atomic E-state index is 14.1. The largest absolute Gasteiger partial charge is 0.274 e. The Hall–Kier alpha value is -3.74. The Labute approximate surface area is 290 Å². The Kier molecular flexibility index (Phi) is 8.62. The van der Waals surface area contributed by atoms with Crippen molar-refractivity contribution in [3.05, 3.63) is 68.7 Å². The van der Waals surface area contributed by atoms with Crippen LogP contribution in [0, 0.1) is 11.8 Å². The van der Waals surface area contributed by atoms with Crippen molar-refractivity contribution in [3.8, 4) is 0 Å². The molecule has 2 unspecified atom stereocenters. The molecule has 0 spiro atoms. The SMILES string of the molecule is CCCCC(CC)CN1C(=O)c2ccc3c4c(Cl)cc5c6c(cc(Cl)c(c7ccc(c2c37)C1=O)c64)C(=O)N(CC(CC)CCCC)C5=O. The molecule has 2 aliphatic heterocycles. The van der Waals surface area contributed by atoms with Gasteiger partial charge in [-0.05, 0) is 65.1 Å². The number of rotatable bonds is 12. The van der Waals surface area contributed by atoms with Crippen molar-refractivity contribution >= 4 is 89.9 Å². The lowest BCUT2D eigenvalue weighted by Gasteiger charge is -2.32. The summed E-state index contributed by atoms with van der Waals surface area (Å²) in [6.45, 7) is 9.21. The molecule has 0 aliphatic carbocycles. The minimum absolute atomic E-state index is 0.204. The van der Waals surface area contributed by atoms with E-state index in [1.54, 1.807) is 24.3 Å². The number of carbonyl (C=O) groups excluding carboxylic acids is 4. The highest BCUT2D eigenvalue weighted by Gasteiger charge is 2.39. The van der Waals surface area contributed by atoms with E-state index in [4.69, 9.17) is 23.2 Å². The van der Waals surface area contributed by atoms with Gasteiger partial charge in [0.25, 0.3) is 23.6 Å². The van der Waals surface area contributed by atoms with Gasteiger partial charge in [0.05, 0.1) is 11.1 Å². The second-order valence-electron chi connectivity index (χ2n) is 13.7. The first-order valence-corrected chi connectivity index (χ1v) is 18.2. The first-order valence-electron chi connectivity index (χ1n) is 17.5. The minimum atomic E-state index is -0.346. The molecule has 5 aromatic carbocycles. The van der Waals surface area contributed by atoms with E-state index in [1.807, 2.05) is 12.1 Å². The number of fused-ring (bicyclic) bond motifs is 2. The van der Waals surface area contributed by atoms with Gasteiger partial charge < -0.3 is 0 Å². The normalized spacial score (nSPS) is 16.0. The van der Waals surface area contributed by atoms with Crippen molar-refractivity contribution in [1.82, 2.24) is 9.80 Å². The van der Waals surface area contributed by atoms with Gasteiger partial charge in [0.2, 0.25) is 0 Å². The van der Waals surface area contributed by atoms with Crippen LogP contribution in [0.5, 0.6) is 0 Å². The lowest BCUT2D eigenvalue weighted by Crippen LogP contribution is -2.43. The average Bonchev–Trinajstić information content (AvgIpc) is 3.09. The summed E-state index contributed by atoms with van der Waals surface area (Å²) in [5.74, 6) is -0.834. The summed E-state index contributed by atoms with van der Waals surface area (Å²) in [7, 11) is 0. The molecule has 0 saturated carbocycles. The predicted octanol–water partition coefficient (Wildman–Crippen LogP) is 10.7. The number of imide groups is 2. The van der Waals surface area contributed by atoms with Crippen molar-refractivity contribution in [3.63, 3.8) is 0 Å². The summed E-state index contributed by atoms with van der Waals surface area (Å²) in [6.07, 6.45) is 7.86. The topological polar surface area (TPSA) is 74.8 Å². The third kappa shape index (κ3) is 4.81. The highest BCUT2D eigenvalue weighted by molar-refractivity contribution is 6.51. The van der Waals surface area contributed by atoms with Gasteiger partial charge in [-0.2, -0.15) is 0 Å². The second kappa shape index (κ2) is 12.6. The maximum Gasteiger partial charge on any atom is 0.261 e. The summed E-state index contributed by atoms with van der Waals surface area (Å²) in [5.41, 5.74) is 1.73. The second-order valence-corrected chi connectivity index (χ2v) is 14.5. The monoisotopic (exact) mass is 682 g/mol. The van der Waals surface area contributed by atoms with Gasteiger partial charge in [-0.1, -0.05) is 102 Å². The Morgan fingerprint density at radius 1 is 0.521 bits per heavy atom. The fourth-order valence-corrected chi connectivity index (χ4v) is 8.76. The smallest absolute Gasteiger partial charge is 0.261 e. The quantitative estimate of drug-likeness (QED) is 0.0745. The van der Waals surface area contributed by atoms with Crippen LogP contribution in [-0.2, 0) is 0 Å². The van der Waals surface area contributed by atoms with Crippen LogP contribution in [0.2, 0.25) is 10.0 Å². The zero-order chi connectivity index (χ0) is 34.0. The van der Waals surface area contributed by atoms with Crippen molar-refractivity contribution in [2.45, 2.75) is 79.1 Å². The third-order valence-corrected chi connectivity index (χ3v) is 11.5. The molecular formula is C40H40Cl2N2O4. The molecule has 6 nitrogen and oxygen atoms in total. The highest BCUT2D eigenvalue weighted by atomic mass is 35.5. The standard InChI is InChI=1S/C40H40Cl2N2O4/c1-5-9-11-21(7-3)19-43-37(45)25-15-13-23-31-24(14-16-26(32(25)31)38(43)46)35-30(42)18-28-33-27(17-29(41)34(23)36(33)35)39(47)44(40(28)48)20-22(8-4)12-10-6-2/h13-18,21-22H,5-12,19-20H2,1-4H3. The first-order chi connectivity index (χ1) is 23.2. The van der Waals surface area contributed by atoms with Crippen LogP contribution in [0.4, 0.5) is 0 Å². The minimum Gasteiger partial charge on any atom is -0.274 e. The van der Waals surface area contributed by atoms with Crippen LogP contribution in [0.25, 0.3) is 43.1 Å². The number of amides is 4. The molecule has 7 rings (SSSR count). The van der Waals surface area contributed by atoms with E-state index < -0.39 is 0 Å². The molecule has 0 saturated heterocycles. The Morgan fingerprint density at radius 2 is 0.917 bits per heavy atom.